The van der Waals surface area contributed by atoms with Crippen LogP contribution in [-0.4, -0.2) is 80.7 Å². The Balaban J connectivity index is 2.15. The molecule has 10 N–H and O–H groups in total. The van der Waals surface area contributed by atoms with Gasteiger partial charge in [0.2, 0.25) is 17.7 Å². The summed E-state index contributed by atoms with van der Waals surface area (Å²) >= 11 is 0. The van der Waals surface area contributed by atoms with Gasteiger partial charge in [0, 0.05) is 24.7 Å². The highest BCUT2D eigenvalue weighted by Gasteiger charge is 2.33. The molecule has 0 bridgehead atoms. The van der Waals surface area contributed by atoms with Gasteiger partial charge in [0.25, 0.3) is 0 Å². The minimum Gasteiger partial charge on any atom is -0.480 e. The molecule has 2 rings (SSSR count). The number of aromatic amines is 1. The highest BCUT2D eigenvalue weighted by atomic mass is 16.4. The van der Waals surface area contributed by atoms with Gasteiger partial charge in [-0.15, -0.1) is 0 Å². The van der Waals surface area contributed by atoms with E-state index in [1.165, 1.54) is 19.4 Å². The molecule has 0 aliphatic rings. The Kier molecular flexibility index (Phi) is 12.4. The summed E-state index contributed by atoms with van der Waals surface area (Å²) in [6.07, 6.45) is 3.18. The summed E-state index contributed by atoms with van der Waals surface area (Å²) in [5.74, 6) is -3.48. The van der Waals surface area contributed by atoms with E-state index in [9.17, 15) is 29.4 Å². The maximum Gasteiger partial charge on any atom is 0.326 e. The van der Waals surface area contributed by atoms with Crippen LogP contribution in [-0.2, 0) is 32.0 Å². The van der Waals surface area contributed by atoms with Crippen LogP contribution in [0.25, 0.3) is 0 Å². The van der Waals surface area contributed by atoms with Crippen molar-refractivity contribution in [1.82, 2.24) is 25.9 Å². The zero-order valence-electron chi connectivity index (χ0n) is 21.3. The number of carbonyl (C=O) groups is 4. The second-order valence-corrected chi connectivity index (χ2v) is 9.05. The molecule has 0 spiro atoms. The summed E-state index contributed by atoms with van der Waals surface area (Å²) in [6, 6.07) is 4.12. The Hall–Kier alpha value is -3.81. The number of nitrogens with one attached hydrogen (secondary N) is 4. The molecule has 208 valence electrons. The van der Waals surface area contributed by atoms with Crippen molar-refractivity contribution in [3.8, 4) is 0 Å². The maximum atomic E-state index is 13.3. The average Bonchev–Trinajstić information content (AvgIpc) is 3.39. The van der Waals surface area contributed by atoms with E-state index in [0.717, 1.165) is 5.56 Å². The summed E-state index contributed by atoms with van der Waals surface area (Å²) in [5.41, 5.74) is 12.7. The van der Waals surface area contributed by atoms with E-state index in [1.807, 2.05) is 0 Å². The molecule has 0 aliphatic carbocycles. The minimum atomic E-state index is -1.49. The number of hydrogen-bond acceptors (Lipinski definition) is 8. The highest BCUT2D eigenvalue weighted by molar-refractivity contribution is 5.94. The monoisotopic (exact) mass is 531 g/mol. The SMILES string of the molecule is CC(O)C(NC(=O)C(Cc1ccccc1)NC(=O)C(N)CCCCN)C(=O)NC(Cc1cnc[nH]1)C(=O)O. The number of aliphatic hydroxyl groups is 1. The van der Waals surface area contributed by atoms with Gasteiger partial charge in [0.05, 0.1) is 18.5 Å². The fraction of sp³-hybridized carbons (Fsp3) is 0.480. The first-order valence-corrected chi connectivity index (χ1v) is 12.4. The Labute approximate surface area is 220 Å². The normalized spacial score (nSPS) is 14.9. The Morgan fingerprint density at radius 3 is 2.24 bits per heavy atom. The summed E-state index contributed by atoms with van der Waals surface area (Å²) in [7, 11) is 0. The quantitative estimate of drug-likeness (QED) is 0.119. The van der Waals surface area contributed by atoms with Crippen LogP contribution >= 0.6 is 0 Å². The number of H-pyrrole nitrogens is 1. The molecule has 38 heavy (non-hydrogen) atoms. The molecule has 1 aromatic heterocycles. The van der Waals surface area contributed by atoms with E-state index < -0.39 is 54.0 Å². The molecule has 0 saturated carbocycles. The lowest BCUT2D eigenvalue weighted by molar-refractivity contribution is -0.143. The standard InChI is InChI=1S/C25H37N7O6/c1-15(33)21(24(36)31-20(25(37)38)12-17-13-28-14-29-17)32-23(35)19(11-16-7-3-2-4-8-16)30-22(34)18(27)9-5-6-10-26/h2-4,7-8,13-15,18-21,33H,5-6,9-12,26-27H2,1H3,(H,28,29)(H,30,34)(H,31,36)(H,32,35)(H,37,38). The van der Waals surface area contributed by atoms with E-state index in [4.69, 9.17) is 11.5 Å². The van der Waals surface area contributed by atoms with Crippen molar-refractivity contribution < 1.29 is 29.4 Å². The minimum absolute atomic E-state index is 0.0870. The summed E-state index contributed by atoms with van der Waals surface area (Å²) in [5, 5.41) is 27.2. The molecule has 5 atom stereocenters. The van der Waals surface area contributed by atoms with Gasteiger partial charge in [-0.25, -0.2) is 9.78 Å². The molecule has 2 aromatic rings. The van der Waals surface area contributed by atoms with Crippen molar-refractivity contribution in [2.24, 2.45) is 11.5 Å². The van der Waals surface area contributed by atoms with Crippen LogP contribution in [0, 0.1) is 0 Å². The van der Waals surface area contributed by atoms with Crippen molar-refractivity contribution in [2.45, 2.75) is 69.3 Å². The molecule has 0 radical (unpaired) electrons. The molecule has 5 unspecified atom stereocenters. The second-order valence-electron chi connectivity index (χ2n) is 9.05. The van der Waals surface area contributed by atoms with E-state index in [-0.39, 0.29) is 12.8 Å². The lowest BCUT2D eigenvalue weighted by atomic mass is 10.0. The number of rotatable bonds is 16. The van der Waals surface area contributed by atoms with Crippen molar-refractivity contribution in [2.75, 3.05) is 6.54 Å². The van der Waals surface area contributed by atoms with Crippen LogP contribution in [0.3, 0.4) is 0 Å². The number of imidazole rings is 1. The van der Waals surface area contributed by atoms with Gasteiger partial charge < -0.3 is 42.6 Å². The number of nitrogens with zero attached hydrogens (tertiary/aromatic N) is 1. The van der Waals surface area contributed by atoms with Crippen LogP contribution in [0.4, 0.5) is 0 Å². The maximum absolute atomic E-state index is 13.3. The number of carboxylic acids is 1. The van der Waals surface area contributed by atoms with Gasteiger partial charge in [0.1, 0.15) is 18.1 Å². The number of amides is 3. The van der Waals surface area contributed by atoms with Crippen LogP contribution < -0.4 is 27.4 Å². The van der Waals surface area contributed by atoms with Gasteiger partial charge in [-0.3, -0.25) is 14.4 Å². The number of unbranched alkanes of at least 4 members (excludes halogenated alkanes) is 1. The fourth-order valence-electron chi connectivity index (χ4n) is 3.71. The summed E-state index contributed by atoms with van der Waals surface area (Å²) in [6.45, 7) is 1.76. The van der Waals surface area contributed by atoms with Crippen molar-refractivity contribution in [3.63, 3.8) is 0 Å². The number of carbonyl (C=O) groups excluding carboxylic acids is 3. The smallest absolute Gasteiger partial charge is 0.326 e. The number of nitrogens with two attached hydrogens (primary N) is 2. The third-order valence-corrected chi connectivity index (χ3v) is 5.88. The predicted octanol–water partition coefficient (Wildman–Crippen LogP) is -1.43. The molecule has 1 heterocycles. The molecular formula is C25H37N7O6. The van der Waals surface area contributed by atoms with Gasteiger partial charge in [-0.05, 0) is 31.9 Å². The highest BCUT2D eigenvalue weighted by Crippen LogP contribution is 2.07. The van der Waals surface area contributed by atoms with E-state index in [2.05, 4.69) is 25.9 Å². The molecular weight excluding hydrogens is 494 g/mol. The summed E-state index contributed by atoms with van der Waals surface area (Å²) in [4.78, 5) is 57.2. The number of aliphatic hydroxyl groups excluding tert-OH is 1. The van der Waals surface area contributed by atoms with E-state index in [0.29, 0.717) is 31.5 Å². The van der Waals surface area contributed by atoms with Crippen molar-refractivity contribution in [1.29, 1.82) is 0 Å². The molecule has 0 aliphatic heterocycles. The van der Waals surface area contributed by atoms with Crippen LogP contribution in [0.1, 0.15) is 37.4 Å². The van der Waals surface area contributed by atoms with Gasteiger partial charge in [-0.2, -0.15) is 0 Å². The number of benzene rings is 1. The summed E-state index contributed by atoms with van der Waals surface area (Å²) < 4.78 is 0. The molecule has 13 heteroatoms. The second kappa shape index (κ2) is 15.4. The zero-order chi connectivity index (χ0) is 28.1. The average molecular weight is 532 g/mol. The Morgan fingerprint density at radius 2 is 1.66 bits per heavy atom. The van der Waals surface area contributed by atoms with Gasteiger partial charge >= 0.3 is 5.97 Å². The number of aromatic nitrogens is 2. The predicted molar refractivity (Wildman–Crippen MR) is 138 cm³/mol. The van der Waals surface area contributed by atoms with Crippen LogP contribution in [0.2, 0.25) is 0 Å². The molecule has 1 aromatic carbocycles. The third-order valence-electron chi connectivity index (χ3n) is 5.88. The van der Waals surface area contributed by atoms with Crippen LogP contribution in [0.15, 0.2) is 42.9 Å². The Bertz CT molecular complexity index is 1030. The van der Waals surface area contributed by atoms with Crippen molar-refractivity contribution >= 4 is 23.7 Å². The lowest BCUT2D eigenvalue weighted by Gasteiger charge is -2.26. The third kappa shape index (κ3) is 9.92. The fourth-order valence-corrected chi connectivity index (χ4v) is 3.71. The zero-order valence-corrected chi connectivity index (χ0v) is 21.3. The van der Waals surface area contributed by atoms with Crippen molar-refractivity contribution in [3.05, 3.63) is 54.1 Å². The molecule has 0 saturated heterocycles. The van der Waals surface area contributed by atoms with Gasteiger partial charge in [-0.1, -0.05) is 36.8 Å². The van der Waals surface area contributed by atoms with E-state index >= 15 is 0 Å². The van der Waals surface area contributed by atoms with Gasteiger partial charge in [0.15, 0.2) is 0 Å². The molecule has 3 amide bonds. The number of hydrogen-bond donors (Lipinski definition) is 8. The largest absolute Gasteiger partial charge is 0.480 e. The van der Waals surface area contributed by atoms with Crippen LogP contribution in [0.5, 0.6) is 0 Å². The lowest BCUT2D eigenvalue weighted by Crippen LogP contribution is -2.60. The molecule has 13 nitrogen and oxygen atoms in total. The number of aliphatic carboxylic acids is 1. The number of carboxylic acid groups (broad SMARTS) is 1. The molecule has 0 fully saturated rings. The van der Waals surface area contributed by atoms with E-state index in [1.54, 1.807) is 30.3 Å². The Morgan fingerprint density at radius 1 is 0.974 bits per heavy atom. The first-order valence-electron chi connectivity index (χ1n) is 12.4. The first kappa shape index (κ1) is 30.4. The topological polar surface area (TPSA) is 226 Å². The first-order chi connectivity index (χ1) is 18.1.